The summed E-state index contributed by atoms with van der Waals surface area (Å²) in [5, 5.41) is 17.2. The van der Waals surface area contributed by atoms with Gasteiger partial charge < -0.3 is 14.6 Å². The summed E-state index contributed by atoms with van der Waals surface area (Å²) in [6, 6.07) is 13.7. The van der Waals surface area contributed by atoms with Gasteiger partial charge in [0.1, 0.15) is 11.9 Å². The third kappa shape index (κ3) is 5.82. The van der Waals surface area contributed by atoms with Crippen LogP contribution in [0.4, 0.5) is 15.8 Å². The molecule has 1 fully saturated rings. The monoisotopic (exact) mass is 533 g/mol. The van der Waals surface area contributed by atoms with E-state index in [1.807, 2.05) is 12.1 Å². The van der Waals surface area contributed by atoms with Crippen LogP contribution in [0.5, 0.6) is 0 Å². The Kier molecular flexibility index (Phi) is 7.77. The molecule has 200 valence electrons. The number of aromatic nitrogens is 2. The highest BCUT2D eigenvalue weighted by molar-refractivity contribution is 6.74. The van der Waals surface area contributed by atoms with Gasteiger partial charge in [0.05, 0.1) is 34.4 Å². The molecule has 0 spiro atoms. The van der Waals surface area contributed by atoms with E-state index in [0.717, 1.165) is 31.6 Å². The van der Waals surface area contributed by atoms with Crippen molar-refractivity contribution in [2.75, 3.05) is 23.3 Å². The van der Waals surface area contributed by atoms with Crippen molar-refractivity contribution in [3.8, 4) is 11.8 Å². The van der Waals surface area contributed by atoms with Gasteiger partial charge in [-0.05, 0) is 80.4 Å². The molecule has 1 N–H and O–H groups in total. The number of nitrogens with zero attached hydrogens (tertiary/aromatic N) is 4. The molecule has 0 atom stereocenters. The Bertz CT molecular complexity index is 1350. The molecule has 3 aromatic rings. The molecular formula is C29H36FN5O2Si. The Morgan fingerprint density at radius 2 is 1.82 bits per heavy atom. The van der Waals surface area contributed by atoms with Gasteiger partial charge in [-0.15, -0.1) is 0 Å². The quantitative estimate of drug-likeness (QED) is 0.369. The number of amides is 1. The van der Waals surface area contributed by atoms with Gasteiger partial charge >= 0.3 is 0 Å². The molecule has 0 bridgehead atoms. The predicted molar refractivity (Wildman–Crippen MR) is 151 cm³/mol. The van der Waals surface area contributed by atoms with Crippen LogP contribution in [0, 0.1) is 24.1 Å². The van der Waals surface area contributed by atoms with Crippen LogP contribution in [0.25, 0.3) is 5.69 Å². The molecule has 1 aromatic heterocycles. The summed E-state index contributed by atoms with van der Waals surface area (Å²) in [6.45, 7) is 14.8. The van der Waals surface area contributed by atoms with Crippen molar-refractivity contribution in [2.24, 2.45) is 0 Å². The summed E-state index contributed by atoms with van der Waals surface area (Å²) >= 11 is 0. The van der Waals surface area contributed by atoms with E-state index < -0.39 is 8.32 Å². The third-order valence-electron chi connectivity index (χ3n) is 7.75. The topological polar surface area (TPSA) is 83.2 Å². The molecule has 0 unspecified atom stereocenters. The van der Waals surface area contributed by atoms with Crippen LogP contribution in [-0.2, 0) is 4.43 Å². The summed E-state index contributed by atoms with van der Waals surface area (Å²) in [7, 11) is -1.82. The highest BCUT2D eigenvalue weighted by Crippen LogP contribution is 2.39. The summed E-state index contributed by atoms with van der Waals surface area (Å²) in [4.78, 5) is 15.2. The highest BCUT2D eigenvalue weighted by atomic mass is 28.4. The summed E-state index contributed by atoms with van der Waals surface area (Å²) in [5.41, 5.74) is 3.63. The van der Waals surface area contributed by atoms with Crippen molar-refractivity contribution in [2.45, 2.75) is 64.8 Å². The molecule has 1 aliphatic rings. The first-order chi connectivity index (χ1) is 17.9. The van der Waals surface area contributed by atoms with Gasteiger partial charge in [0.2, 0.25) is 0 Å². The zero-order chi connectivity index (χ0) is 27.7. The predicted octanol–water partition coefficient (Wildman–Crippen LogP) is 6.43. The van der Waals surface area contributed by atoms with E-state index in [-0.39, 0.29) is 22.9 Å². The van der Waals surface area contributed by atoms with Gasteiger partial charge in [-0.1, -0.05) is 20.8 Å². The standard InChI is InChI=1S/C29H36FN5O2Si/c1-20-26(19-32-35(20)24-10-7-22(30)8-11-24)28(36)33-23-9-12-27(21(17-23)18-31)34-15-13-25(14-16-34)37-38(5,6)29(2,3)4/h7-12,17,19,25H,13-16H2,1-6H3,(H,33,36). The molecule has 9 heteroatoms. The molecule has 2 aromatic carbocycles. The van der Waals surface area contributed by atoms with E-state index in [1.165, 1.54) is 18.3 Å². The number of nitrogens with one attached hydrogen (secondary N) is 1. The Balaban J connectivity index is 1.43. The second-order valence-corrected chi connectivity index (χ2v) is 16.2. The van der Waals surface area contributed by atoms with Gasteiger partial charge in [0.15, 0.2) is 8.32 Å². The van der Waals surface area contributed by atoms with Gasteiger partial charge in [0, 0.05) is 24.9 Å². The minimum Gasteiger partial charge on any atom is -0.414 e. The molecule has 1 aliphatic heterocycles. The number of benzene rings is 2. The van der Waals surface area contributed by atoms with E-state index in [1.54, 1.807) is 29.8 Å². The number of piperidine rings is 1. The lowest BCUT2D eigenvalue weighted by atomic mass is 10.0. The molecule has 0 saturated carbocycles. The Morgan fingerprint density at radius 3 is 2.42 bits per heavy atom. The maximum absolute atomic E-state index is 13.3. The van der Waals surface area contributed by atoms with Crippen molar-refractivity contribution in [3.05, 3.63) is 71.3 Å². The molecule has 1 amide bonds. The van der Waals surface area contributed by atoms with Crippen LogP contribution in [0.3, 0.4) is 0 Å². The van der Waals surface area contributed by atoms with E-state index in [2.05, 4.69) is 55.2 Å². The maximum Gasteiger partial charge on any atom is 0.259 e. The zero-order valence-corrected chi connectivity index (χ0v) is 24.0. The first-order valence-electron chi connectivity index (χ1n) is 13.0. The van der Waals surface area contributed by atoms with Crippen molar-refractivity contribution >= 4 is 25.6 Å². The van der Waals surface area contributed by atoms with Crippen LogP contribution in [0.15, 0.2) is 48.7 Å². The summed E-state index contributed by atoms with van der Waals surface area (Å²) < 4.78 is 21.5. The van der Waals surface area contributed by atoms with Crippen LogP contribution in [0.2, 0.25) is 18.1 Å². The Hall–Kier alpha value is -3.48. The second kappa shape index (κ2) is 10.7. The lowest BCUT2D eigenvalue weighted by molar-refractivity contribution is 0.102. The molecule has 0 aliphatic carbocycles. The minimum atomic E-state index is -1.82. The lowest BCUT2D eigenvalue weighted by Crippen LogP contribution is -2.47. The molecule has 2 heterocycles. The summed E-state index contributed by atoms with van der Waals surface area (Å²) in [6.07, 6.45) is 3.58. The van der Waals surface area contributed by atoms with Gasteiger partial charge in [0.25, 0.3) is 5.91 Å². The smallest absolute Gasteiger partial charge is 0.259 e. The Labute approximate surface area is 225 Å². The zero-order valence-electron chi connectivity index (χ0n) is 23.0. The molecule has 4 rings (SSSR count). The fraction of sp³-hybridized carbons (Fsp3) is 0.414. The minimum absolute atomic E-state index is 0.177. The fourth-order valence-electron chi connectivity index (χ4n) is 4.46. The molecule has 38 heavy (non-hydrogen) atoms. The van der Waals surface area contributed by atoms with Gasteiger partial charge in [-0.2, -0.15) is 10.4 Å². The van der Waals surface area contributed by atoms with Gasteiger partial charge in [-0.3, -0.25) is 4.79 Å². The molecular weight excluding hydrogens is 497 g/mol. The maximum atomic E-state index is 13.3. The van der Waals surface area contributed by atoms with Crippen molar-refractivity contribution < 1.29 is 13.6 Å². The molecule has 0 radical (unpaired) electrons. The highest BCUT2D eigenvalue weighted by Gasteiger charge is 2.39. The lowest BCUT2D eigenvalue weighted by Gasteiger charge is -2.42. The van der Waals surface area contributed by atoms with Crippen molar-refractivity contribution in [3.63, 3.8) is 0 Å². The number of rotatable bonds is 6. The fourth-order valence-corrected chi connectivity index (χ4v) is 5.88. The number of anilines is 2. The average molecular weight is 534 g/mol. The van der Waals surface area contributed by atoms with E-state index in [4.69, 9.17) is 4.43 Å². The third-order valence-corrected chi connectivity index (χ3v) is 12.3. The van der Waals surface area contributed by atoms with Crippen molar-refractivity contribution in [1.82, 2.24) is 9.78 Å². The SMILES string of the molecule is Cc1c(C(=O)Nc2ccc(N3CCC(O[Si](C)(C)C(C)(C)C)CC3)c(C#N)c2)cnn1-c1ccc(F)cc1. The first kappa shape index (κ1) is 27.5. The van der Waals surface area contributed by atoms with Crippen molar-refractivity contribution in [1.29, 1.82) is 5.26 Å². The van der Waals surface area contributed by atoms with Crippen LogP contribution >= 0.6 is 0 Å². The largest absolute Gasteiger partial charge is 0.414 e. The van der Waals surface area contributed by atoms with E-state index in [0.29, 0.717) is 28.2 Å². The second-order valence-electron chi connectivity index (χ2n) is 11.4. The van der Waals surface area contributed by atoms with Crippen LogP contribution in [-0.4, -0.2) is 43.2 Å². The normalized spacial score (nSPS) is 14.8. The number of hydrogen-bond donors (Lipinski definition) is 1. The van der Waals surface area contributed by atoms with E-state index in [9.17, 15) is 14.4 Å². The molecule has 7 nitrogen and oxygen atoms in total. The van der Waals surface area contributed by atoms with E-state index >= 15 is 0 Å². The number of hydrogen-bond acceptors (Lipinski definition) is 5. The number of carbonyl (C=O) groups excluding carboxylic acids is 1. The van der Waals surface area contributed by atoms with Crippen LogP contribution in [0.1, 0.15) is 55.2 Å². The number of carbonyl (C=O) groups is 1. The number of halogens is 1. The Morgan fingerprint density at radius 1 is 1.16 bits per heavy atom. The first-order valence-corrected chi connectivity index (χ1v) is 15.9. The van der Waals surface area contributed by atoms with Gasteiger partial charge in [-0.25, -0.2) is 9.07 Å². The van der Waals surface area contributed by atoms with Crippen LogP contribution < -0.4 is 10.2 Å². The number of nitriles is 1. The summed E-state index contributed by atoms with van der Waals surface area (Å²) in [5.74, 6) is -0.659. The average Bonchev–Trinajstić information content (AvgIpc) is 3.25. The molecule has 1 saturated heterocycles.